The van der Waals surface area contributed by atoms with E-state index in [0.717, 1.165) is 61.1 Å². The van der Waals surface area contributed by atoms with Crippen molar-refractivity contribution in [3.05, 3.63) is 59.7 Å². The van der Waals surface area contributed by atoms with E-state index in [-0.39, 0.29) is 11.9 Å². The van der Waals surface area contributed by atoms with Crippen molar-refractivity contribution >= 4 is 16.7 Å². The van der Waals surface area contributed by atoms with Crippen molar-refractivity contribution in [2.45, 2.75) is 58.2 Å². The van der Waals surface area contributed by atoms with Crippen LogP contribution in [0.4, 0.5) is 0 Å². The fourth-order valence-corrected chi connectivity index (χ4v) is 5.76. The quantitative estimate of drug-likeness (QED) is 0.595. The number of hydrogen-bond donors (Lipinski definition) is 1. The molecule has 3 aliphatic rings. The maximum Gasteiger partial charge on any atom is 0.219 e. The number of ether oxygens (including phenoxy) is 1. The standard InChI is InChI=1S/C28H34N6O2/c1-18(2)33-16-21(14-30-33)26-13-20-5-4-6-23(24(20)15-29-26)28-25-17-32(19(3)35)10-7-27(25)34(31-28)22-8-11-36-12-9-22/h4-6,13-16,18,22,28,31H,7-12,17H2,1-3H3. The summed E-state index contributed by atoms with van der Waals surface area (Å²) < 4.78 is 7.60. The topological polar surface area (TPSA) is 75.5 Å². The molecule has 5 heterocycles. The van der Waals surface area contributed by atoms with Gasteiger partial charge in [-0.2, -0.15) is 5.10 Å². The molecule has 3 aromatic rings. The molecule has 0 spiro atoms. The van der Waals surface area contributed by atoms with Crippen LogP contribution < -0.4 is 5.43 Å². The second-order valence-electron chi connectivity index (χ2n) is 10.4. The highest BCUT2D eigenvalue weighted by molar-refractivity contribution is 5.88. The number of benzene rings is 1. The molecule has 0 aliphatic carbocycles. The van der Waals surface area contributed by atoms with Crippen molar-refractivity contribution in [2.24, 2.45) is 0 Å². The minimum Gasteiger partial charge on any atom is -0.381 e. The van der Waals surface area contributed by atoms with Crippen molar-refractivity contribution in [3.63, 3.8) is 0 Å². The molecule has 6 rings (SSSR count). The summed E-state index contributed by atoms with van der Waals surface area (Å²) in [5.41, 5.74) is 9.67. The van der Waals surface area contributed by atoms with Gasteiger partial charge < -0.3 is 14.6 Å². The number of amides is 1. The van der Waals surface area contributed by atoms with Crippen molar-refractivity contribution < 1.29 is 9.53 Å². The highest BCUT2D eigenvalue weighted by Crippen LogP contribution is 2.41. The Labute approximate surface area is 211 Å². The van der Waals surface area contributed by atoms with Crippen molar-refractivity contribution in [3.8, 4) is 11.3 Å². The van der Waals surface area contributed by atoms with E-state index in [2.05, 4.69) is 59.8 Å². The molecule has 36 heavy (non-hydrogen) atoms. The fraction of sp³-hybridized carbons (Fsp3) is 0.464. The number of pyridine rings is 1. The number of hydrazine groups is 1. The summed E-state index contributed by atoms with van der Waals surface area (Å²) in [4.78, 5) is 19.1. The van der Waals surface area contributed by atoms with E-state index >= 15 is 0 Å². The second kappa shape index (κ2) is 9.33. The first-order chi connectivity index (χ1) is 17.5. The number of hydrogen-bond acceptors (Lipinski definition) is 6. The Bertz CT molecular complexity index is 1320. The van der Waals surface area contributed by atoms with Crippen molar-refractivity contribution in [1.82, 2.24) is 30.1 Å². The van der Waals surface area contributed by atoms with E-state index in [0.29, 0.717) is 18.6 Å². The Kier molecular flexibility index (Phi) is 6.01. The van der Waals surface area contributed by atoms with Gasteiger partial charge in [-0.3, -0.25) is 14.5 Å². The average Bonchev–Trinajstić information content (AvgIpc) is 3.54. The summed E-state index contributed by atoms with van der Waals surface area (Å²) in [6, 6.07) is 9.38. The number of aromatic nitrogens is 3. The zero-order chi connectivity index (χ0) is 24.8. The molecular formula is C28H34N6O2. The van der Waals surface area contributed by atoms with Crippen LogP contribution in [0.25, 0.3) is 22.0 Å². The third-order valence-corrected chi connectivity index (χ3v) is 7.80. The van der Waals surface area contributed by atoms with Gasteiger partial charge in [-0.1, -0.05) is 18.2 Å². The molecule has 2 aromatic heterocycles. The predicted octanol–water partition coefficient (Wildman–Crippen LogP) is 4.23. The van der Waals surface area contributed by atoms with Crippen LogP contribution in [0.15, 0.2) is 54.1 Å². The van der Waals surface area contributed by atoms with Crippen LogP contribution in [0.3, 0.4) is 0 Å². The average molecular weight is 487 g/mol. The number of fused-ring (bicyclic) bond motifs is 1. The number of rotatable bonds is 4. The molecule has 8 nitrogen and oxygen atoms in total. The molecule has 188 valence electrons. The minimum atomic E-state index is 0.0186. The third kappa shape index (κ3) is 4.08. The molecule has 1 N–H and O–H groups in total. The van der Waals surface area contributed by atoms with Gasteiger partial charge >= 0.3 is 0 Å². The number of nitrogens with zero attached hydrogens (tertiary/aromatic N) is 5. The summed E-state index contributed by atoms with van der Waals surface area (Å²) in [6.07, 6.45) is 8.84. The van der Waals surface area contributed by atoms with Gasteiger partial charge in [-0.15, -0.1) is 0 Å². The molecule has 3 aliphatic heterocycles. The highest BCUT2D eigenvalue weighted by Gasteiger charge is 2.39. The van der Waals surface area contributed by atoms with E-state index in [1.54, 1.807) is 6.92 Å². The van der Waals surface area contributed by atoms with Gasteiger partial charge in [0.1, 0.15) is 0 Å². The van der Waals surface area contributed by atoms with Crippen LogP contribution in [0.2, 0.25) is 0 Å². The second-order valence-corrected chi connectivity index (χ2v) is 10.4. The van der Waals surface area contributed by atoms with Crippen LogP contribution in [0.5, 0.6) is 0 Å². The van der Waals surface area contributed by atoms with E-state index < -0.39 is 0 Å². The van der Waals surface area contributed by atoms with Gasteiger partial charge in [0, 0.05) is 80.8 Å². The number of nitrogens with one attached hydrogen (secondary N) is 1. The SMILES string of the molecule is CC(=O)N1CCC2=C(C1)C(c1cccc3cc(-c4cnn(C(C)C)c4)ncc13)NN2C1CCOCC1. The Morgan fingerprint density at radius 1 is 1.19 bits per heavy atom. The molecule has 1 aromatic carbocycles. The summed E-state index contributed by atoms with van der Waals surface area (Å²) in [6.45, 7) is 8.94. The maximum atomic E-state index is 12.3. The van der Waals surface area contributed by atoms with Gasteiger partial charge in [0.05, 0.1) is 17.9 Å². The number of carbonyl (C=O) groups excluding carboxylic acids is 1. The zero-order valence-corrected chi connectivity index (χ0v) is 21.3. The van der Waals surface area contributed by atoms with Crippen LogP contribution in [0, 0.1) is 0 Å². The molecule has 8 heteroatoms. The molecule has 1 saturated heterocycles. The summed E-state index contributed by atoms with van der Waals surface area (Å²) >= 11 is 0. The molecule has 0 radical (unpaired) electrons. The smallest absolute Gasteiger partial charge is 0.219 e. The largest absolute Gasteiger partial charge is 0.381 e. The molecule has 1 amide bonds. The maximum absolute atomic E-state index is 12.3. The summed E-state index contributed by atoms with van der Waals surface area (Å²) in [7, 11) is 0. The predicted molar refractivity (Wildman–Crippen MR) is 139 cm³/mol. The fourth-order valence-electron chi connectivity index (χ4n) is 5.76. The lowest BCUT2D eigenvalue weighted by Gasteiger charge is -2.36. The van der Waals surface area contributed by atoms with Crippen molar-refractivity contribution in [1.29, 1.82) is 0 Å². The molecular weight excluding hydrogens is 452 g/mol. The Morgan fingerprint density at radius 2 is 2.03 bits per heavy atom. The molecule has 0 saturated carbocycles. The van der Waals surface area contributed by atoms with Crippen LogP contribution >= 0.6 is 0 Å². The van der Waals surface area contributed by atoms with Crippen molar-refractivity contribution in [2.75, 3.05) is 26.3 Å². The molecule has 0 bridgehead atoms. The Morgan fingerprint density at radius 3 is 2.78 bits per heavy atom. The lowest BCUT2D eigenvalue weighted by atomic mass is 9.92. The highest BCUT2D eigenvalue weighted by atomic mass is 16.5. The summed E-state index contributed by atoms with van der Waals surface area (Å²) in [5, 5.41) is 9.18. The lowest BCUT2D eigenvalue weighted by molar-refractivity contribution is -0.128. The Balaban J connectivity index is 1.38. The first kappa shape index (κ1) is 23.2. The monoisotopic (exact) mass is 486 g/mol. The first-order valence-electron chi connectivity index (χ1n) is 13.0. The van der Waals surface area contributed by atoms with Gasteiger partial charge in [-0.05, 0) is 49.3 Å². The number of carbonyl (C=O) groups is 1. The zero-order valence-electron chi connectivity index (χ0n) is 21.3. The lowest BCUT2D eigenvalue weighted by Crippen LogP contribution is -2.45. The van der Waals surface area contributed by atoms with Gasteiger partial charge in [0.25, 0.3) is 0 Å². The molecule has 1 fully saturated rings. The van der Waals surface area contributed by atoms with Gasteiger partial charge in [0.2, 0.25) is 5.91 Å². The molecule has 1 atom stereocenters. The van der Waals surface area contributed by atoms with E-state index in [9.17, 15) is 4.79 Å². The van der Waals surface area contributed by atoms with E-state index in [4.69, 9.17) is 9.72 Å². The van der Waals surface area contributed by atoms with E-state index in [1.807, 2.05) is 22.0 Å². The third-order valence-electron chi connectivity index (χ3n) is 7.80. The van der Waals surface area contributed by atoms with Gasteiger partial charge in [-0.25, -0.2) is 5.43 Å². The van der Waals surface area contributed by atoms with Crippen LogP contribution in [0.1, 0.15) is 57.7 Å². The normalized spacial score (nSPS) is 21.1. The summed E-state index contributed by atoms with van der Waals surface area (Å²) in [5.74, 6) is 0.135. The Hall–Kier alpha value is -3.23. The minimum absolute atomic E-state index is 0.0186. The first-order valence-corrected chi connectivity index (χ1v) is 13.0. The van der Waals surface area contributed by atoms with Gasteiger partial charge in [0.15, 0.2) is 0 Å². The molecule has 1 unspecified atom stereocenters. The van der Waals surface area contributed by atoms with Crippen LogP contribution in [-0.2, 0) is 9.53 Å². The van der Waals surface area contributed by atoms with E-state index in [1.165, 1.54) is 16.8 Å². The van der Waals surface area contributed by atoms with Crippen LogP contribution in [-0.4, -0.2) is 62.9 Å².